The minimum Gasteiger partial charge on any atom is -0.466 e. The van der Waals surface area contributed by atoms with E-state index in [9.17, 15) is 14.7 Å². The summed E-state index contributed by atoms with van der Waals surface area (Å²) in [6, 6.07) is 25.1. The lowest BCUT2D eigenvalue weighted by Crippen LogP contribution is -2.24. The van der Waals surface area contributed by atoms with E-state index >= 15 is 0 Å². The Bertz CT molecular complexity index is 1450. The van der Waals surface area contributed by atoms with Gasteiger partial charge in [-0.1, -0.05) is 60.7 Å². The maximum Gasteiger partial charge on any atom is 0.305 e. The lowest BCUT2D eigenvalue weighted by molar-refractivity contribution is -0.143. The van der Waals surface area contributed by atoms with Crippen LogP contribution in [-0.4, -0.2) is 28.7 Å². The number of ether oxygens (including phenoxy) is 1. The minimum atomic E-state index is -0.797. The van der Waals surface area contributed by atoms with Crippen molar-refractivity contribution >= 4 is 23.3 Å². The fraction of sp³-hybridized carbons (Fsp3) is 0.353. The molecule has 6 nitrogen and oxygen atoms in total. The average molecular weight is 539 g/mol. The number of hydrogen-bond donors (Lipinski definition) is 2. The number of amides is 1. The Hall–Kier alpha value is -3.90. The van der Waals surface area contributed by atoms with Gasteiger partial charge >= 0.3 is 5.97 Å². The zero-order valence-electron chi connectivity index (χ0n) is 23.1. The van der Waals surface area contributed by atoms with Crippen LogP contribution in [0.1, 0.15) is 78.3 Å². The van der Waals surface area contributed by atoms with E-state index in [1.54, 1.807) is 6.92 Å². The maximum absolute atomic E-state index is 12.1. The summed E-state index contributed by atoms with van der Waals surface area (Å²) in [6.45, 7) is 2.86. The standard InChI is InChI=1S/C34H38N2O4/c1-2-40-33(39)19-18-32(38)27-21-28-31(20-26(27)17-16-24-10-5-3-6-11-24)36(22-25-12-7-4-8-13-25)30-15-9-14-29(34(28)30)35-23-37/h3-8,10-13,20-21,23,29,32,38H,2,9,14-19,22H2,1H3,(H,35,37). The van der Waals surface area contributed by atoms with Crippen LogP contribution >= 0.6 is 0 Å². The summed E-state index contributed by atoms with van der Waals surface area (Å²) in [5, 5.41) is 15.5. The second kappa shape index (κ2) is 13.0. The summed E-state index contributed by atoms with van der Waals surface area (Å²) in [4.78, 5) is 23.7. The highest BCUT2D eigenvalue weighted by Gasteiger charge is 2.29. The van der Waals surface area contributed by atoms with Gasteiger partial charge in [0.1, 0.15) is 0 Å². The Morgan fingerprint density at radius 1 is 1.07 bits per heavy atom. The third-order valence-electron chi connectivity index (χ3n) is 7.99. The average Bonchev–Trinajstić information content (AvgIpc) is 3.28. The van der Waals surface area contributed by atoms with Gasteiger partial charge in [0.2, 0.25) is 6.41 Å². The maximum atomic E-state index is 12.1. The van der Waals surface area contributed by atoms with Crippen molar-refractivity contribution in [3.8, 4) is 0 Å². The predicted octanol–water partition coefficient (Wildman–Crippen LogP) is 5.97. The van der Waals surface area contributed by atoms with Gasteiger partial charge in [-0.05, 0) is 79.8 Å². The Morgan fingerprint density at radius 2 is 1.80 bits per heavy atom. The van der Waals surface area contributed by atoms with Gasteiger partial charge in [-0.15, -0.1) is 0 Å². The van der Waals surface area contributed by atoms with Gasteiger partial charge < -0.3 is 19.7 Å². The van der Waals surface area contributed by atoms with Crippen molar-refractivity contribution in [1.29, 1.82) is 0 Å². The third-order valence-corrected chi connectivity index (χ3v) is 7.99. The van der Waals surface area contributed by atoms with Crippen LogP contribution in [0.5, 0.6) is 0 Å². The number of fused-ring (bicyclic) bond motifs is 3. The van der Waals surface area contributed by atoms with Crippen LogP contribution in [0.25, 0.3) is 10.9 Å². The van der Waals surface area contributed by atoms with Crippen LogP contribution in [0, 0.1) is 0 Å². The van der Waals surface area contributed by atoms with Crippen molar-refractivity contribution in [2.24, 2.45) is 0 Å². The van der Waals surface area contributed by atoms with Crippen molar-refractivity contribution in [1.82, 2.24) is 9.88 Å². The molecule has 2 unspecified atom stereocenters. The number of carbonyl (C=O) groups is 2. The summed E-state index contributed by atoms with van der Waals surface area (Å²) < 4.78 is 7.52. The number of carbonyl (C=O) groups excluding carboxylic acids is 2. The van der Waals surface area contributed by atoms with E-state index < -0.39 is 6.10 Å². The van der Waals surface area contributed by atoms with Crippen LogP contribution < -0.4 is 5.32 Å². The molecule has 0 spiro atoms. The summed E-state index contributed by atoms with van der Waals surface area (Å²) in [5.41, 5.74) is 7.91. The van der Waals surface area contributed by atoms with Crippen LogP contribution in [-0.2, 0) is 40.1 Å². The number of nitrogens with zero attached hydrogens (tertiary/aromatic N) is 1. The summed E-state index contributed by atoms with van der Waals surface area (Å²) in [7, 11) is 0. The molecule has 208 valence electrons. The largest absolute Gasteiger partial charge is 0.466 e. The molecule has 0 saturated carbocycles. The van der Waals surface area contributed by atoms with Gasteiger partial charge in [-0.3, -0.25) is 9.59 Å². The Labute approximate surface area is 236 Å². The highest BCUT2D eigenvalue weighted by molar-refractivity contribution is 5.88. The highest BCUT2D eigenvalue weighted by atomic mass is 16.5. The molecule has 1 aromatic heterocycles. The van der Waals surface area contributed by atoms with Gasteiger partial charge in [0, 0.05) is 35.1 Å². The number of esters is 1. The quantitative estimate of drug-likeness (QED) is 0.172. The SMILES string of the molecule is CCOC(=O)CCC(O)c1cc2c3c(n(Cc4ccccc4)c2cc1CCc1ccccc1)CCCC3NC=O. The fourth-order valence-electron chi connectivity index (χ4n) is 6.10. The first-order valence-electron chi connectivity index (χ1n) is 14.4. The Kier molecular flexibility index (Phi) is 8.97. The number of aliphatic hydroxyl groups excluding tert-OH is 1. The first-order chi connectivity index (χ1) is 19.6. The summed E-state index contributed by atoms with van der Waals surface area (Å²) in [6.07, 6.45) is 4.89. The molecule has 1 heterocycles. The molecule has 0 saturated heterocycles. The van der Waals surface area contributed by atoms with E-state index in [0.717, 1.165) is 72.7 Å². The predicted molar refractivity (Wildman–Crippen MR) is 157 cm³/mol. The lowest BCUT2D eigenvalue weighted by Gasteiger charge is -2.24. The minimum absolute atomic E-state index is 0.0690. The molecule has 5 rings (SSSR count). The molecule has 2 atom stereocenters. The van der Waals surface area contributed by atoms with Gasteiger partial charge in [-0.25, -0.2) is 0 Å². The van der Waals surface area contributed by atoms with E-state index in [4.69, 9.17) is 4.74 Å². The van der Waals surface area contributed by atoms with Crippen molar-refractivity contribution in [3.05, 3.63) is 106 Å². The van der Waals surface area contributed by atoms with E-state index in [1.165, 1.54) is 16.8 Å². The second-order valence-electron chi connectivity index (χ2n) is 10.6. The molecule has 6 heteroatoms. The molecule has 0 radical (unpaired) electrons. The summed E-state index contributed by atoms with van der Waals surface area (Å²) >= 11 is 0. The van der Waals surface area contributed by atoms with Crippen LogP contribution in [0.2, 0.25) is 0 Å². The van der Waals surface area contributed by atoms with Crippen molar-refractivity contribution in [2.45, 2.75) is 70.6 Å². The number of hydrogen-bond acceptors (Lipinski definition) is 4. The van der Waals surface area contributed by atoms with Crippen LogP contribution in [0.3, 0.4) is 0 Å². The van der Waals surface area contributed by atoms with Gasteiger partial charge in [0.15, 0.2) is 0 Å². The molecule has 2 N–H and O–H groups in total. The molecular formula is C34H38N2O4. The Morgan fingerprint density at radius 3 is 2.50 bits per heavy atom. The van der Waals surface area contributed by atoms with Crippen molar-refractivity contribution in [3.63, 3.8) is 0 Å². The molecule has 1 aliphatic rings. The first kappa shape index (κ1) is 27.7. The monoisotopic (exact) mass is 538 g/mol. The first-order valence-corrected chi connectivity index (χ1v) is 14.4. The van der Waals surface area contributed by atoms with Gasteiger partial charge in [0.05, 0.1) is 18.8 Å². The highest BCUT2D eigenvalue weighted by Crippen LogP contribution is 2.41. The number of rotatable bonds is 12. The normalized spacial score (nSPS) is 15.4. The molecular weight excluding hydrogens is 500 g/mol. The lowest BCUT2D eigenvalue weighted by atomic mass is 9.88. The van der Waals surface area contributed by atoms with E-state index in [1.807, 2.05) is 24.3 Å². The molecule has 1 amide bonds. The van der Waals surface area contributed by atoms with Crippen LogP contribution in [0.4, 0.5) is 0 Å². The zero-order chi connectivity index (χ0) is 27.9. The van der Waals surface area contributed by atoms with E-state index in [0.29, 0.717) is 13.0 Å². The molecule has 40 heavy (non-hydrogen) atoms. The number of aryl methyl sites for hydroxylation is 2. The second-order valence-corrected chi connectivity index (χ2v) is 10.6. The Balaban J connectivity index is 1.62. The van der Waals surface area contributed by atoms with Crippen molar-refractivity contribution in [2.75, 3.05) is 6.61 Å². The molecule has 1 aliphatic carbocycles. The molecule has 0 bridgehead atoms. The van der Waals surface area contributed by atoms with Crippen LogP contribution in [0.15, 0.2) is 72.8 Å². The number of aromatic nitrogens is 1. The number of benzene rings is 3. The fourth-order valence-corrected chi connectivity index (χ4v) is 6.10. The smallest absolute Gasteiger partial charge is 0.305 e. The van der Waals surface area contributed by atoms with E-state index in [2.05, 4.69) is 58.4 Å². The zero-order valence-corrected chi connectivity index (χ0v) is 23.1. The van der Waals surface area contributed by atoms with E-state index in [-0.39, 0.29) is 18.4 Å². The van der Waals surface area contributed by atoms with Gasteiger partial charge in [-0.2, -0.15) is 0 Å². The van der Waals surface area contributed by atoms with Gasteiger partial charge in [0.25, 0.3) is 0 Å². The van der Waals surface area contributed by atoms with Crippen molar-refractivity contribution < 1.29 is 19.4 Å². The number of aliphatic hydroxyl groups is 1. The molecule has 4 aromatic rings. The third kappa shape index (κ3) is 6.13. The molecule has 0 aliphatic heterocycles. The summed E-state index contributed by atoms with van der Waals surface area (Å²) in [5.74, 6) is -0.296. The number of nitrogens with one attached hydrogen (secondary N) is 1. The molecule has 3 aromatic carbocycles. The molecule has 0 fully saturated rings. The topological polar surface area (TPSA) is 80.6 Å².